The first-order valence-corrected chi connectivity index (χ1v) is 16.2. The largest absolute Gasteiger partial charge is 0.445 e. The van der Waals surface area contributed by atoms with Gasteiger partial charge in [0.1, 0.15) is 12.6 Å². The summed E-state index contributed by atoms with van der Waals surface area (Å²) in [6.45, 7) is 12.2. The van der Waals surface area contributed by atoms with Crippen LogP contribution >= 0.6 is 11.8 Å². The number of carbonyl (C=O) groups is 2. The summed E-state index contributed by atoms with van der Waals surface area (Å²) in [7, 11) is -1.88. The van der Waals surface area contributed by atoms with Crippen molar-refractivity contribution in [3.05, 3.63) is 35.9 Å². The van der Waals surface area contributed by atoms with Gasteiger partial charge in [-0.05, 0) is 43.0 Å². The van der Waals surface area contributed by atoms with Crippen molar-refractivity contribution >= 4 is 32.1 Å². The normalized spacial score (nSPS) is 22.2. The highest BCUT2D eigenvalue weighted by molar-refractivity contribution is 7.99. The second-order valence-corrected chi connectivity index (χ2v) is 16.5. The summed E-state index contributed by atoms with van der Waals surface area (Å²) in [4.78, 5) is 29.5. The lowest BCUT2D eigenvalue weighted by Gasteiger charge is -2.37. The summed E-state index contributed by atoms with van der Waals surface area (Å²) in [6.07, 6.45) is 0.785. The maximum absolute atomic E-state index is 13.4. The molecule has 2 aliphatic rings. The summed E-state index contributed by atoms with van der Waals surface area (Å²) in [5.41, 5.74) is 0.914. The van der Waals surface area contributed by atoms with Crippen LogP contribution in [0.4, 0.5) is 4.79 Å². The van der Waals surface area contributed by atoms with E-state index in [1.54, 1.807) is 21.6 Å². The van der Waals surface area contributed by atoms with Gasteiger partial charge >= 0.3 is 6.09 Å². The molecule has 3 rings (SSSR count). The average molecular weight is 509 g/mol. The van der Waals surface area contributed by atoms with Gasteiger partial charge in [-0.1, -0.05) is 51.1 Å². The van der Waals surface area contributed by atoms with Gasteiger partial charge in [-0.2, -0.15) is 0 Å². The van der Waals surface area contributed by atoms with Crippen molar-refractivity contribution in [2.75, 3.05) is 24.8 Å². The number of ether oxygens (including phenoxy) is 1. The number of thioether (sulfide) groups is 1. The number of benzene rings is 1. The van der Waals surface area contributed by atoms with Crippen LogP contribution in [0.2, 0.25) is 18.1 Å². The number of hydrogen-bond acceptors (Lipinski definition) is 6. The molecule has 2 amide bonds. The monoisotopic (exact) mass is 508 g/mol. The molecule has 1 aromatic carbocycles. The van der Waals surface area contributed by atoms with Gasteiger partial charge in [0.05, 0.1) is 18.0 Å². The molecule has 0 spiro atoms. The fraction of sp³-hybridized carbons (Fsp3) is 0.680. The fourth-order valence-corrected chi connectivity index (χ4v) is 6.41. The molecule has 0 aliphatic carbocycles. The third-order valence-corrected chi connectivity index (χ3v) is 12.9. The highest BCUT2D eigenvalue weighted by atomic mass is 32.2. The molecule has 2 saturated heterocycles. The van der Waals surface area contributed by atoms with E-state index in [0.29, 0.717) is 37.6 Å². The van der Waals surface area contributed by atoms with Crippen LogP contribution in [0.3, 0.4) is 0 Å². The highest BCUT2D eigenvalue weighted by Gasteiger charge is 2.43. The number of nitrogens with zero attached hydrogens (tertiary/aromatic N) is 2. The zero-order chi connectivity index (χ0) is 24.9. The standard InChI is InChI=1S/C25H40N2O5SSi/c1-25(2,3)34(4,5)32-15-13-22(28)21-17-33-18-27(21)23(29)20-12-9-14-26(20)24(30)31-16-19-10-7-6-8-11-19/h6-8,10-11,20-22,28H,9,12-18H2,1-5H3. The average Bonchev–Trinajstić information content (AvgIpc) is 3.47. The van der Waals surface area contributed by atoms with E-state index in [2.05, 4.69) is 33.9 Å². The Morgan fingerprint density at radius 3 is 2.59 bits per heavy atom. The Hall–Kier alpha value is -1.55. The molecule has 190 valence electrons. The lowest BCUT2D eigenvalue weighted by Crippen LogP contribution is -2.52. The van der Waals surface area contributed by atoms with E-state index in [1.165, 1.54) is 0 Å². The molecule has 0 aromatic heterocycles. The molecule has 34 heavy (non-hydrogen) atoms. The lowest BCUT2D eigenvalue weighted by atomic mass is 10.1. The Balaban J connectivity index is 1.55. The van der Waals surface area contributed by atoms with Crippen LogP contribution in [0.1, 0.15) is 45.6 Å². The van der Waals surface area contributed by atoms with Gasteiger partial charge in [0.2, 0.25) is 5.91 Å². The number of aliphatic hydroxyl groups excluding tert-OH is 1. The van der Waals surface area contributed by atoms with E-state index in [1.807, 2.05) is 30.3 Å². The second-order valence-electron chi connectivity index (χ2n) is 10.7. The van der Waals surface area contributed by atoms with E-state index in [4.69, 9.17) is 9.16 Å². The van der Waals surface area contributed by atoms with Gasteiger partial charge in [-0.25, -0.2) is 4.79 Å². The molecular formula is C25H40N2O5SSi. The fourth-order valence-electron chi connectivity index (χ4n) is 4.08. The third-order valence-electron chi connectivity index (χ3n) is 7.31. The molecule has 0 radical (unpaired) electrons. The molecule has 3 atom stereocenters. The molecule has 7 nitrogen and oxygen atoms in total. The van der Waals surface area contributed by atoms with Crippen LogP contribution < -0.4 is 0 Å². The minimum atomic E-state index is -1.88. The predicted molar refractivity (Wildman–Crippen MR) is 138 cm³/mol. The van der Waals surface area contributed by atoms with Gasteiger partial charge in [0.25, 0.3) is 0 Å². The zero-order valence-corrected chi connectivity index (χ0v) is 23.0. The summed E-state index contributed by atoms with van der Waals surface area (Å²) in [5.74, 6) is 1.14. The molecule has 9 heteroatoms. The molecule has 2 aliphatic heterocycles. The van der Waals surface area contributed by atoms with Crippen molar-refractivity contribution in [1.82, 2.24) is 9.80 Å². The first kappa shape index (κ1) is 27.0. The number of hydrogen-bond donors (Lipinski definition) is 1. The van der Waals surface area contributed by atoms with Crippen molar-refractivity contribution in [3.8, 4) is 0 Å². The van der Waals surface area contributed by atoms with Gasteiger partial charge in [0.15, 0.2) is 8.32 Å². The van der Waals surface area contributed by atoms with E-state index in [-0.39, 0.29) is 23.6 Å². The molecule has 1 aromatic rings. The summed E-state index contributed by atoms with van der Waals surface area (Å²) in [6, 6.07) is 8.74. The SMILES string of the molecule is CC(C)(C)[Si](C)(C)OCCC(O)C1CSCN1C(=O)C1CCCN1C(=O)OCc1ccccc1. The minimum Gasteiger partial charge on any atom is -0.445 e. The van der Waals surface area contributed by atoms with Crippen LogP contribution in [0.25, 0.3) is 0 Å². The summed E-state index contributed by atoms with van der Waals surface area (Å²) < 4.78 is 11.7. The molecule has 3 unspecified atom stereocenters. The molecule has 2 heterocycles. The number of rotatable bonds is 8. The van der Waals surface area contributed by atoms with E-state index >= 15 is 0 Å². The van der Waals surface area contributed by atoms with Gasteiger partial charge in [0, 0.05) is 18.9 Å². The molecule has 2 fully saturated rings. The lowest BCUT2D eigenvalue weighted by molar-refractivity contribution is -0.138. The number of aliphatic hydroxyl groups is 1. The number of likely N-dealkylation sites (tertiary alicyclic amines) is 1. The van der Waals surface area contributed by atoms with Gasteiger partial charge < -0.3 is 19.2 Å². The van der Waals surface area contributed by atoms with Crippen molar-refractivity contribution in [2.45, 2.75) is 83.0 Å². The molecule has 0 bridgehead atoms. The van der Waals surface area contributed by atoms with Crippen LogP contribution in [-0.2, 0) is 20.6 Å². The highest BCUT2D eigenvalue weighted by Crippen LogP contribution is 2.37. The maximum Gasteiger partial charge on any atom is 0.410 e. The van der Waals surface area contributed by atoms with Crippen LogP contribution in [0.5, 0.6) is 0 Å². The van der Waals surface area contributed by atoms with Crippen LogP contribution in [0, 0.1) is 0 Å². The van der Waals surface area contributed by atoms with Crippen molar-refractivity contribution in [2.24, 2.45) is 0 Å². The van der Waals surface area contributed by atoms with Crippen molar-refractivity contribution in [1.29, 1.82) is 0 Å². The zero-order valence-electron chi connectivity index (χ0n) is 21.2. The van der Waals surface area contributed by atoms with Gasteiger partial charge in [-0.3, -0.25) is 9.69 Å². The molecule has 1 N–H and O–H groups in total. The first-order chi connectivity index (χ1) is 16.0. The predicted octanol–water partition coefficient (Wildman–Crippen LogP) is 4.46. The van der Waals surface area contributed by atoms with E-state index in [9.17, 15) is 14.7 Å². The maximum atomic E-state index is 13.4. The van der Waals surface area contributed by atoms with Crippen molar-refractivity contribution < 1.29 is 23.9 Å². The van der Waals surface area contributed by atoms with Crippen LogP contribution in [-0.4, -0.2) is 78.2 Å². The van der Waals surface area contributed by atoms with E-state index < -0.39 is 26.6 Å². The van der Waals surface area contributed by atoms with Gasteiger partial charge in [-0.15, -0.1) is 11.8 Å². The Kier molecular flexibility index (Phi) is 9.11. The summed E-state index contributed by atoms with van der Waals surface area (Å²) in [5, 5.41) is 11.0. The Bertz CT molecular complexity index is 832. The number of amides is 2. The first-order valence-electron chi connectivity index (χ1n) is 12.2. The topological polar surface area (TPSA) is 79.3 Å². The number of carbonyl (C=O) groups excluding carboxylic acids is 2. The molecule has 0 saturated carbocycles. The molecular weight excluding hydrogens is 468 g/mol. The third kappa shape index (κ3) is 6.56. The van der Waals surface area contributed by atoms with Crippen molar-refractivity contribution in [3.63, 3.8) is 0 Å². The van der Waals surface area contributed by atoms with E-state index in [0.717, 1.165) is 12.0 Å². The van der Waals surface area contributed by atoms with Crippen LogP contribution in [0.15, 0.2) is 30.3 Å². The Morgan fingerprint density at radius 2 is 1.91 bits per heavy atom. The Labute approximate surface area is 209 Å². The second kappa shape index (κ2) is 11.5. The minimum absolute atomic E-state index is 0.0893. The smallest absolute Gasteiger partial charge is 0.410 e. The summed E-state index contributed by atoms with van der Waals surface area (Å²) >= 11 is 1.64. The Morgan fingerprint density at radius 1 is 1.21 bits per heavy atom. The quantitative estimate of drug-likeness (QED) is 0.522.